The highest BCUT2D eigenvalue weighted by molar-refractivity contribution is 6.15. The molecule has 0 spiro atoms. The molecule has 4 rings (SSSR count). The van der Waals surface area contributed by atoms with Gasteiger partial charge >= 0.3 is 0 Å². The fourth-order valence-electron chi connectivity index (χ4n) is 3.26. The number of allylic oxidation sites excluding steroid dienone is 1. The Morgan fingerprint density at radius 1 is 0.750 bits per heavy atom. The van der Waals surface area contributed by atoms with E-state index in [1.54, 1.807) is 0 Å². The number of hydrogen-bond acceptors (Lipinski definition) is 2. The van der Waals surface area contributed by atoms with E-state index in [1.807, 2.05) is 79.0 Å². The Labute approximate surface area is 141 Å². The Bertz CT molecular complexity index is 898. The minimum Gasteiger partial charge on any atom is -0.361 e. The molecule has 0 heterocycles. The fraction of sp³-hybridized carbons (Fsp3) is 0.0455. The molecule has 1 aliphatic rings. The molecule has 1 N–H and O–H groups in total. The van der Waals surface area contributed by atoms with Gasteiger partial charge in [0.05, 0.1) is 0 Å². The van der Waals surface area contributed by atoms with Gasteiger partial charge in [-0.1, -0.05) is 72.8 Å². The van der Waals surface area contributed by atoms with Gasteiger partial charge in [0.25, 0.3) is 0 Å². The van der Waals surface area contributed by atoms with Gasteiger partial charge in [0.2, 0.25) is 0 Å². The Balaban J connectivity index is 1.78. The smallest absolute Gasteiger partial charge is 0.191 e. The predicted octanol–water partition coefficient (Wildman–Crippen LogP) is 5.01. The van der Waals surface area contributed by atoms with Crippen molar-refractivity contribution in [2.45, 2.75) is 5.92 Å². The van der Waals surface area contributed by atoms with Crippen LogP contribution in [0.4, 0.5) is 5.69 Å². The van der Waals surface area contributed by atoms with Gasteiger partial charge in [0.1, 0.15) is 0 Å². The molecule has 0 aliphatic heterocycles. The van der Waals surface area contributed by atoms with Gasteiger partial charge in [-0.3, -0.25) is 4.79 Å². The van der Waals surface area contributed by atoms with E-state index >= 15 is 0 Å². The zero-order valence-electron chi connectivity index (χ0n) is 13.1. The van der Waals surface area contributed by atoms with E-state index in [1.165, 1.54) is 0 Å². The summed E-state index contributed by atoms with van der Waals surface area (Å²) in [6, 6.07) is 28.0. The van der Waals surface area contributed by atoms with E-state index in [0.717, 1.165) is 28.0 Å². The van der Waals surface area contributed by atoms with Crippen molar-refractivity contribution in [3.05, 3.63) is 113 Å². The number of ketones is 1. The first kappa shape index (κ1) is 14.5. The second-order valence-electron chi connectivity index (χ2n) is 5.87. The van der Waals surface area contributed by atoms with Crippen LogP contribution >= 0.6 is 0 Å². The van der Waals surface area contributed by atoms with Crippen molar-refractivity contribution in [2.75, 3.05) is 5.32 Å². The topological polar surface area (TPSA) is 29.1 Å². The van der Waals surface area contributed by atoms with Gasteiger partial charge in [0, 0.05) is 28.9 Å². The number of para-hydroxylation sites is 1. The maximum absolute atomic E-state index is 12.9. The van der Waals surface area contributed by atoms with Crippen molar-refractivity contribution in [2.24, 2.45) is 0 Å². The Hall–Kier alpha value is -3.13. The first-order valence-corrected chi connectivity index (χ1v) is 8.05. The quantitative estimate of drug-likeness (QED) is 0.689. The normalized spacial score (nSPS) is 17.8. The molecule has 2 nitrogen and oxygen atoms in total. The summed E-state index contributed by atoms with van der Waals surface area (Å²) in [4.78, 5) is 12.9. The molecule has 3 aromatic rings. The Kier molecular flexibility index (Phi) is 3.72. The average Bonchev–Trinajstić information content (AvgIpc) is 2.94. The van der Waals surface area contributed by atoms with E-state index in [-0.39, 0.29) is 11.7 Å². The van der Waals surface area contributed by atoms with Gasteiger partial charge in [-0.15, -0.1) is 0 Å². The summed E-state index contributed by atoms with van der Waals surface area (Å²) in [7, 11) is 0. The van der Waals surface area contributed by atoms with Crippen LogP contribution < -0.4 is 5.32 Å². The monoisotopic (exact) mass is 311 g/mol. The molecule has 1 aliphatic carbocycles. The van der Waals surface area contributed by atoms with Crippen molar-refractivity contribution >= 4 is 11.5 Å². The highest BCUT2D eigenvalue weighted by Crippen LogP contribution is 2.41. The van der Waals surface area contributed by atoms with E-state index in [0.29, 0.717) is 0 Å². The Morgan fingerprint density at radius 2 is 1.38 bits per heavy atom. The molecule has 3 aromatic carbocycles. The minimum absolute atomic E-state index is 0.0221. The number of fused-ring (bicyclic) bond motifs is 1. The third-order valence-corrected chi connectivity index (χ3v) is 4.39. The number of anilines is 1. The second-order valence-corrected chi connectivity index (χ2v) is 5.87. The van der Waals surface area contributed by atoms with Crippen molar-refractivity contribution < 1.29 is 4.79 Å². The third-order valence-electron chi connectivity index (χ3n) is 4.39. The zero-order chi connectivity index (χ0) is 16.4. The molecular weight excluding hydrogens is 294 g/mol. The molecule has 1 unspecified atom stereocenters. The van der Waals surface area contributed by atoms with Crippen molar-refractivity contribution in [1.82, 2.24) is 0 Å². The number of carbonyl (C=O) groups excluding carboxylic acids is 1. The van der Waals surface area contributed by atoms with Crippen LogP contribution in [0.5, 0.6) is 0 Å². The summed E-state index contributed by atoms with van der Waals surface area (Å²) in [5.41, 5.74) is 4.77. The van der Waals surface area contributed by atoms with E-state index < -0.39 is 0 Å². The maximum atomic E-state index is 12.9. The molecule has 0 bridgehead atoms. The van der Waals surface area contributed by atoms with Gasteiger partial charge in [0.15, 0.2) is 5.78 Å². The minimum atomic E-state index is -0.0221. The number of hydrogen-bond donors (Lipinski definition) is 1. The summed E-state index contributed by atoms with van der Waals surface area (Å²) < 4.78 is 0. The highest BCUT2D eigenvalue weighted by atomic mass is 16.1. The van der Waals surface area contributed by atoms with Crippen LogP contribution in [0, 0.1) is 0 Å². The second kappa shape index (κ2) is 6.17. The number of benzene rings is 3. The Morgan fingerprint density at radius 3 is 2.12 bits per heavy atom. The average molecular weight is 311 g/mol. The molecule has 1 atom stereocenters. The molecule has 0 amide bonds. The van der Waals surface area contributed by atoms with Gasteiger partial charge in [-0.25, -0.2) is 0 Å². The first-order chi connectivity index (χ1) is 11.8. The first-order valence-electron chi connectivity index (χ1n) is 8.05. The lowest BCUT2D eigenvalue weighted by molar-refractivity contribution is 0.103. The molecule has 0 saturated heterocycles. The standard InChI is InChI=1S/C22H17NO/c24-22-19-14-8-7-13-18(19)21(16-9-3-1-4-10-16)20(22)15-23-17-11-5-2-6-12-17/h1-15,21,23H/b20-15-. The molecule has 0 radical (unpaired) electrons. The van der Waals surface area contributed by atoms with Crippen molar-refractivity contribution in [3.8, 4) is 0 Å². The maximum Gasteiger partial charge on any atom is 0.191 e. The molecule has 0 saturated carbocycles. The largest absolute Gasteiger partial charge is 0.361 e. The van der Waals surface area contributed by atoms with Crippen LogP contribution in [-0.4, -0.2) is 5.78 Å². The number of Topliss-reactive ketones (excluding diaryl/α,β-unsaturated/α-hetero) is 1. The summed E-state index contributed by atoms with van der Waals surface area (Å²) >= 11 is 0. The summed E-state index contributed by atoms with van der Waals surface area (Å²) in [6.07, 6.45) is 1.86. The molecule has 0 aromatic heterocycles. The summed E-state index contributed by atoms with van der Waals surface area (Å²) in [5, 5.41) is 3.27. The van der Waals surface area contributed by atoms with Crippen LogP contribution in [-0.2, 0) is 0 Å². The van der Waals surface area contributed by atoms with E-state index in [4.69, 9.17) is 0 Å². The van der Waals surface area contributed by atoms with Crippen LogP contribution in [0.15, 0.2) is 96.7 Å². The number of nitrogens with one attached hydrogen (secondary N) is 1. The molecule has 0 fully saturated rings. The van der Waals surface area contributed by atoms with Crippen LogP contribution in [0.1, 0.15) is 27.4 Å². The number of carbonyl (C=O) groups is 1. The molecule has 24 heavy (non-hydrogen) atoms. The van der Waals surface area contributed by atoms with Crippen molar-refractivity contribution in [3.63, 3.8) is 0 Å². The van der Waals surface area contributed by atoms with E-state index in [9.17, 15) is 4.79 Å². The van der Waals surface area contributed by atoms with Crippen molar-refractivity contribution in [1.29, 1.82) is 0 Å². The molecule has 116 valence electrons. The van der Waals surface area contributed by atoms with Gasteiger partial charge in [-0.2, -0.15) is 0 Å². The lowest BCUT2D eigenvalue weighted by atomic mass is 9.90. The fourth-order valence-corrected chi connectivity index (χ4v) is 3.26. The van der Waals surface area contributed by atoms with Gasteiger partial charge < -0.3 is 5.32 Å². The van der Waals surface area contributed by atoms with Gasteiger partial charge in [-0.05, 0) is 23.3 Å². The number of rotatable bonds is 3. The summed E-state index contributed by atoms with van der Waals surface area (Å²) in [6.45, 7) is 0. The third kappa shape index (κ3) is 2.52. The lowest BCUT2D eigenvalue weighted by Gasteiger charge is -2.14. The lowest BCUT2D eigenvalue weighted by Crippen LogP contribution is -2.05. The van der Waals surface area contributed by atoms with E-state index in [2.05, 4.69) is 17.4 Å². The highest BCUT2D eigenvalue weighted by Gasteiger charge is 2.35. The predicted molar refractivity (Wildman–Crippen MR) is 97.2 cm³/mol. The molecule has 2 heteroatoms. The molecular formula is C22H17NO. The van der Waals surface area contributed by atoms with Crippen LogP contribution in [0.3, 0.4) is 0 Å². The van der Waals surface area contributed by atoms with Crippen LogP contribution in [0.2, 0.25) is 0 Å². The SMILES string of the molecule is O=C1/C(=C\Nc2ccccc2)C(c2ccccc2)c2ccccc21. The summed E-state index contributed by atoms with van der Waals surface area (Å²) in [5.74, 6) is 0.0778. The van der Waals surface area contributed by atoms with Crippen LogP contribution in [0.25, 0.3) is 0 Å². The zero-order valence-corrected chi connectivity index (χ0v) is 13.1.